The molecule has 1 saturated heterocycles. The van der Waals surface area contributed by atoms with Gasteiger partial charge in [-0.15, -0.1) is 5.10 Å². The fourth-order valence-electron chi connectivity index (χ4n) is 6.73. The highest BCUT2D eigenvalue weighted by Gasteiger charge is 2.49. The van der Waals surface area contributed by atoms with Gasteiger partial charge in [-0.05, 0) is 39.9 Å². The second-order valence-electron chi connectivity index (χ2n) is 14.1. The van der Waals surface area contributed by atoms with Crippen molar-refractivity contribution in [2.45, 2.75) is 76.2 Å². The quantitative estimate of drug-likeness (QED) is 0.0821. The molecular weight excluding hydrogens is 739 g/mol. The van der Waals surface area contributed by atoms with Crippen molar-refractivity contribution in [3.05, 3.63) is 185 Å². The maximum atomic E-state index is 12.4. The third kappa shape index (κ3) is 11.4. The van der Waals surface area contributed by atoms with Crippen molar-refractivity contribution in [3.63, 3.8) is 0 Å². The van der Waals surface area contributed by atoms with Crippen LogP contribution in [0.2, 0.25) is 0 Å². The number of rotatable bonds is 20. The molecule has 0 saturated carbocycles. The first-order chi connectivity index (χ1) is 28.5. The van der Waals surface area contributed by atoms with Crippen LogP contribution in [-0.2, 0) is 72.7 Å². The lowest BCUT2D eigenvalue weighted by atomic mass is 9.97. The number of hydrogen-bond donors (Lipinski definition) is 2. The minimum absolute atomic E-state index is 0.0695. The molecule has 1 aliphatic rings. The van der Waals surface area contributed by atoms with Gasteiger partial charge < -0.3 is 38.6 Å². The molecule has 0 bridgehead atoms. The second kappa shape index (κ2) is 20.6. The van der Waals surface area contributed by atoms with Crippen LogP contribution in [0.25, 0.3) is 0 Å². The van der Waals surface area contributed by atoms with Crippen LogP contribution in [0.15, 0.2) is 152 Å². The zero-order valence-electron chi connectivity index (χ0n) is 31.9. The van der Waals surface area contributed by atoms with Crippen LogP contribution in [0.5, 0.6) is 5.75 Å². The highest BCUT2D eigenvalue weighted by Crippen LogP contribution is 2.32. The maximum Gasteiger partial charge on any atom is 0.328 e. The van der Waals surface area contributed by atoms with Crippen LogP contribution in [0, 0.1) is 0 Å². The molecule has 2 N–H and O–H groups in total. The molecule has 0 aliphatic carbocycles. The van der Waals surface area contributed by atoms with E-state index in [4.69, 9.17) is 28.4 Å². The summed E-state index contributed by atoms with van der Waals surface area (Å²) in [6.07, 6.45) is -2.05. The molecule has 0 spiro atoms. The molecule has 12 heteroatoms. The summed E-state index contributed by atoms with van der Waals surface area (Å²) in [5.41, 5.74) is 5.05. The van der Waals surface area contributed by atoms with Gasteiger partial charge in [0.25, 0.3) is 0 Å². The molecule has 5 aromatic carbocycles. The maximum absolute atomic E-state index is 12.4. The molecule has 2 heterocycles. The Labute approximate surface area is 337 Å². The van der Waals surface area contributed by atoms with Crippen molar-refractivity contribution >= 4 is 5.97 Å². The smallest absolute Gasteiger partial charge is 0.328 e. The average molecular weight is 786 g/mol. The molecule has 12 nitrogen and oxygen atoms in total. The van der Waals surface area contributed by atoms with Gasteiger partial charge in [0.1, 0.15) is 35.9 Å². The highest BCUT2D eigenvalue weighted by atomic mass is 16.7. The van der Waals surface area contributed by atoms with Gasteiger partial charge in [0.2, 0.25) is 0 Å². The number of benzene rings is 5. The number of ether oxygens (including phenoxy) is 6. The molecule has 58 heavy (non-hydrogen) atoms. The topological polar surface area (TPSA) is 144 Å². The second-order valence-corrected chi connectivity index (χ2v) is 14.1. The van der Waals surface area contributed by atoms with Crippen LogP contribution >= 0.6 is 0 Å². The Morgan fingerprint density at radius 1 is 0.603 bits per heavy atom. The predicted molar refractivity (Wildman–Crippen MR) is 213 cm³/mol. The number of aromatic nitrogens is 3. The van der Waals surface area contributed by atoms with E-state index in [2.05, 4.69) is 10.3 Å². The van der Waals surface area contributed by atoms with Gasteiger partial charge in [-0.25, -0.2) is 9.48 Å². The van der Waals surface area contributed by atoms with Gasteiger partial charge in [0.05, 0.1) is 45.8 Å². The minimum Gasteiger partial charge on any atom is -0.508 e. The van der Waals surface area contributed by atoms with Gasteiger partial charge in [-0.1, -0.05) is 139 Å². The molecule has 1 aromatic heterocycles. The van der Waals surface area contributed by atoms with Gasteiger partial charge in [0, 0.05) is 6.42 Å². The number of carboxylic acid groups (broad SMARTS) is 1. The molecule has 0 radical (unpaired) electrons. The Bertz CT molecular complexity index is 2110. The fraction of sp³-hybridized carbons (Fsp3) is 0.283. The first-order valence-corrected chi connectivity index (χ1v) is 19.3. The number of carbonyl (C=O) groups is 1. The molecule has 0 unspecified atom stereocenters. The Hall–Kier alpha value is -5.73. The highest BCUT2D eigenvalue weighted by molar-refractivity contribution is 5.72. The molecule has 1 fully saturated rings. The summed E-state index contributed by atoms with van der Waals surface area (Å²) in [6, 6.07) is 44.9. The molecule has 6 aromatic rings. The lowest BCUT2D eigenvalue weighted by Crippen LogP contribution is -2.61. The molecular formula is C46H47N3O9. The van der Waals surface area contributed by atoms with Crippen molar-refractivity contribution in [2.75, 3.05) is 6.61 Å². The van der Waals surface area contributed by atoms with Gasteiger partial charge in [-0.3, -0.25) is 0 Å². The van der Waals surface area contributed by atoms with Crippen molar-refractivity contribution in [3.8, 4) is 5.75 Å². The van der Waals surface area contributed by atoms with E-state index in [0.29, 0.717) is 18.9 Å². The van der Waals surface area contributed by atoms with E-state index in [1.165, 1.54) is 16.8 Å². The predicted octanol–water partition coefficient (Wildman–Crippen LogP) is 7.07. The average Bonchev–Trinajstić information content (AvgIpc) is 3.73. The summed E-state index contributed by atoms with van der Waals surface area (Å²) in [7, 11) is 0. The molecule has 7 rings (SSSR count). The van der Waals surface area contributed by atoms with Crippen molar-refractivity contribution in [2.24, 2.45) is 0 Å². The Morgan fingerprint density at radius 2 is 1.10 bits per heavy atom. The van der Waals surface area contributed by atoms with Crippen molar-refractivity contribution in [1.29, 1.82) is 0 Å². The summed E-state index contributed by atoms with van der Waals surface area (Å²) < 4.78 is 41.1. The monoisotopic (exact) mass is 785 g/mol. The molecule has 300 valence electrons. The van der Waals surface area contributed by atoms with Crippen LogP contribution < -0.4 is 0 Å². The van der Waals surface area contributed by atoms with Crippen LogP contribution in [0.1, 0.15) is 39.6 Å². The fourth-order valence-corrected chi connectivity index (χ4v) is 6.73. The van der Waals surface area contributed by atoms with Crippen LogP contribution in [-0.4, -0.2) is 68.5 Å². The number of phenolic OH excluding ortho intramolecular Hbond substituents is 1. The molecule has 1 aliphatic heterocycles. The van der Waals surface area contributed by atoms with E-state index in [1.807, 2.05) is 121 Å². The summed E-state index contributed by atoms with van der Waals surface area (Å²) >= 11 is 0. The Morgan fingerprint density at radius 3 is 1.64 bits per heavy atom. The number of aliphatic carboxylic acids is 1. The Kier molecular flexibility index (Phi) is 14.4. The zero-order valence-corrected chi connectivity index (χ0v) is 31.9. The molecule has 6 atom stereocenters. The summed E-state index contributed by atoms with van der Waals surface area (Å²) in [5.74, 6) is -0.979. The van der Waals surface area contributed by atoms with Crippen LogP contribution in [0.3, 0.4) is 0 Å². The lowest BCUT2D eigenvalue weighted by Gasteiger charge is -2.45. The third-order valence-electron chi connectivity index (χ3n) is 9.76. The van der Waals surface area contributed by atoms with E-state index in [1.54, 1.807) is 18.3 Å². The van der Waals surface area contributed by atoms with Crippen molar-refractivity contribution in [1.82, 2.24) is 15.0 Å². The van der Waals surface area contributed by atoms with Gasteiger partial charge >= 0.3 is 5.97 Å². The van der Waals surface area contributed by atoms with E-state index in [0.717, 1.165) is 27.8 Å². The SMILES string of the molecule is O=C(O)[C@H](Cc1ccc(O)cc1)n1cc(CO[C@@H]2O[C@H](COCc3ccccc3)[C@@H](OCc3ccccc3)[C@H](OCc3ccccc3)[C@H]2OCc2ccccc2)nn1. The number of hydrogen-bond acceptors (Lipinski definition) is 10. The number of aromatic hydroxyl groups is 1. The summed E-state index contributed by atoms with van der Waals surface area (Å²) in [6.45, 7) is 1.27. The minimum atomic E-state index is -1.08. The zero-order chi connectivity index (χ0) is 39.9. The third-order valence-corrected chi connectivity index (χ3v) is 9.76. The lowest BCUT2D eigenvalue weighted by molar-refractivity contribution is -0.331. The first-order valence-electron chi connectivity index (χ1n) is 19.3. The Balaban J connectivity index is 1.16. The summed E-state index contributed by atoms with van der Waals surface area (Å²) in [4.78, 5) is 12.4. The normalized spacial score (nSPS) is 19.8. The van der Waals surface area contributed by atoms with E-state index >= 15 is 0 Å². The van der Waals surface area contributed by atoms with E-state index in [-0.39, 0.29) is 38.6 Å². The summed E-state index contributed by atoms with van der Waals surface area (Å²) in [5, 5.41) is 28.2. The number of phenols is 1. The van der Waals surface area contributed by atoms with Gasteiger partial charge in [-0.2, -0.15) is 0 Å². The van der Waals surface area contributed by atoms with E-state index < -0.39 is 42.7 Å². The molecule has 0 amide bonds. The largest absolute Gasteiger partial charge is 0.508 e. The van der Waals surface area contributed by atoms with Crippen molar-refractivity contribution < 1.29 is 43.4 Å². The van der Waals surface area contributed by atoms with Crippen LogP contribution in [0.4, 0.5) is 0 Å². The standard InChI is InChI=1S/C46H47N3O9/c50-39-23-21-33(22-24-39)25-40(45(51)52)49-26-38(47-48-49)31-57-46-44(56-30-37-19-11-4-12-20-37)43(55-29-36-17-9-3-10-18-36)42(54-28-35-15-7-2-8-16-35)41(58-46)32-53-27-34-13-5-1-6-14-34/h1-24,26,40-44,46,50H,25,27-32H2,(H,51,52)/t40-,41+,42+,43-,44+,46+/m0/s1. The first kappa shape index (κ1) is 40.5. The number of carboxylic acids is 1. The van der Waals surface area contributed by atoms with E-state index in [9.17, 15) is 15.0 Å². The number of nitrogens with zero attached hydrogens (tertiary/aromatic N) is 3. The van der Waals surface area contributed by atoms with Gasteiger partial charge in [0.15, 0.2) is 12.3 Å².